The third-order valence-electron chi connectivity index (χ3n) is 1.57. The Morgan fingerprint density at radius 3 is 2.44 bits per heavy atom. The van der Waals surface area contributed by atoms with Gasteiger partial charge in [-0.1, -0.05) is 0 Å². The van der Waals surface area contributed by atoms with Gasteiger partial charge in [0.1, 0.15) is 5.60 Å². The number of alkyl halides is 2. The minimum Gasteiger partial charge on any atom is -0.383 e. The number of nitrogens with one attached hydrogen (secondary N) is 1. The number of aliphatic hydroxyl groups is 1. The van der Waals surface area contributed by atoms with E-state index in [4.69, 9.17) is 5.11 Å². The number of rotatable bonds is 1. The predicted molar refractivity (Wildman–Crippen MR) is 28.4 cm³/mol. The predicted octanol–water partition coefficient (Wildman–Crippen LogP) is -0.0241. The van der Waals surface area contributed by atoms with Crippen molar-refractivity contribution in [2.24, 2.45) is 0 Å². The molecule has 2 N–H and O–H groups in total. The van der Waals surface area contributed by atoms with Crippen molar-refractivity contribution in [3.05, 3.63) is 0 Å². The molecule has 0 radical (unpaired) electrons. The first-order chi connectivity index (χ1) is 4.15. The molecule has 1 saturated heterocycles. The summed E-state index contributed by atoms with van der Waals surface area (Å²) in [6.07, 6.45) is -2.46. The van der Waals surface area contributed by atoms with Gasteiger partial charge in [0.15, 0.2) is 0 Å². The van der Waals surface area contributed by atoms with Gasteiger partial charge in [0.05, 0.1) is 0 Å². The summed E-state index contributed by atoms with van der Waals surface area (Å²) >= 11 is 0. The van der Waals surface area contributed by atoms with Gasteiger partial charge in [-0.3, -0.25) is 0 Å². The van der Waals surface area contributed by atoms with Crippen molar-refractivity contribution in [1.29, 1.82) is 0 Å². The molecule has 1 atom stereocenters. The molecule has 0 aromatic heterocycles. The van der Waals surface area contributed by atoms with Crippen LogP contribution in [0, 0.1) is 0 Å². The van der Waals surface area contributed by atoms with Crippen molar-refractivity contribution in [3.63, 3.8) is 0 Å². The van der Waals surface area contributed by atoms with Crippen LogP contribution in [0.1, 0.15) is 6.42 Å². The SMILES string of the molecule is O[C@]1(C(F)F)CCNC1. The summed E-state index contributed by atoms with van der Waals surface area (Å²) in [4.78, 5) is 0. The van der Waals surface area contributed by atoms with E-state index < -0.39 is 12.0 Å². The Balaban J connectivity index is 2.51. The van der Waals surface area contributed by atoms with Crippen molar-refractivity contribution in [1.82, 2.24) is 5.32 Å². The molecule has 0 bridgehead atoms. The smallest absolute Gasteiger partial charge is 0.268 e. The van der Waals surface area contributed by atoms with Gasteiger partial charge in [0, 0.05) is 6.54 Å². The second kappa shape index (κ2) is 2.19. The largest absolute Gasteiger partial charge is 0.383 e. The van der Waals surface area contributed by atoms with E-state index in [1.165, 1.54) is 0 Å². The topological polar surface area (TPSA) is 32.3 Å². The minimum absolute atomic E-state index is 0.0185. The van der Waals surface area contributed by atoms with Crippen LogP contribution in [-0.4, -0.2) is 30.2 Å². The average Bonchev–Trinajstić information content (AvgIpc) is 2.16. The van der Waals surface area contributed by atoms with Crippen LogP contribution in [0.4, 0.5) is 8.78 Å². The summed E-state index contributed by atoms with van der Waals surface area (Å²) in [5.74, 6) is 0. The molecule has 0 aromatic carbocycles. The molecule has 54 valence electrons. The zero-order valence-corrected chi connectivity index (χ0v) is 4.90. The Hall–Kier alpha value is -0.220. The summed E-state index contributed by atoms with van der Waals surface area (Å²) in [6, 6.07) is 0. The van der Waals surface area contributed by atoms with Gasteiger partial charge in [-0.05, 0) is 13.0 Å². The highest BCUT2D eigenvalue weighted by molar-refractivity contribution is 4.89. The quantitative estimate of drug-likeness (QED) is 0.532. The number of halogens is 2. The lowest BCUT2D eigenvalue weighted by Gasteiger charge is -2.18. The molecule has 2 nitrogen and oxygen atoms in total. The zero-order chi connectivity index (χ0) is 6.91. The molecule has 1 aliphatic rings. The van der Waals surface area contributed by atoms with Crippen molar-refractivity contribution >= 4 is 0 Å². The molecule has 0 aliphatic carbocycles. The summed E-state index contributed by atoms with van der Waals surface area (Å²) in [5, 5.41) is 11.6. The number of β-amino-alcohol motifs (C(OH)–C–C–N with tert-alkyl or cyclic N) is 1. The third kappa shape index (κ3) is 1.19. The first-order valence-corrected chi connectivity index (χ1v) is 2.86. The lowest BCUT2D eigenvalue weighted by molar-refractivity contribution is -0.0812. The maximum absolute atomic E-state index is 11.8. The summed E-state index contributed by atoms with van der Waals surface area (Å²) in [6.45, 7) is 0.505. The molecule has 1 heterocycles. The van der Waals surface area contributed by atoms with Gasteiger partial charge in [-0.2, -0.15) is 0 Å². The van der Waals surface area contributed by atoms with Crippen molar-refractivity contribution in [3.8, 4) is 0 Å². The molecule has 0 saturated carbocycles. The lowest BCUT2D eigenvalue weighted by Crippen LogP contribution is -2.39. The van der Waals surface area contributed by atoms with Gasteiger partial charge in [0.25, 0.3) is 6.43 Å². The normalized spacial score (nSPS) is 36.0. The maximum atomic E-state index is 11.8. The summed E-state index contributed by atoms with van der Waals surface area (Å²) in [5.41, 5.74) is -1.75. The molecule has 0 spiro atoms. The van der Waals surface area contributed by atoms with Crippen molar-refractivity contribution < 1.29 is 13.9 Å². The van der Waals surface area contributed by atoms with E-state index in [-0.39, 0.29) is 13.0 Å². The molecule has 0 amide bonds. The third-order valence-corrected chi connectivity index (χ3v) is 1.57. The van der Waals surface area contributed by atoms with Gasteiger partial charge in [-0.25, -0.2) is 8.78 Å². The van der Waals surface area contributed by atoms with Crippen LogP contribution in [0.5, 0.6) is 0 Å². The first kappa shape index (κ1) is 6.89. The van der Waals surface area contributed by atoms with E-state index in [9.17, 15) is 8.78 Å². The lowest BCUT2D eigenvalue weighted by atomic mass is 10.1. The highest BCUT2D eigenvalue weighted by Gasteiger charge is 2.40. The molecule has 0 aromatic rings. The van der Waals surface area contributed by atoms with E-state index >= 15 is 0 Å². The standard InChI is InChI=1S/C5H9F2NO/c6-4(7)5(9)1-2-8-3-5/h4,8-9H,1-3H2/t5-/m1/s1. The van der Waals surface area contributed by atoms with Crippen molar-refractivity contribution in [2.45, 2.75) is 18.4 Å². The molecule has 1 aliphatic heterocycles. The summed E-state index contributed by atoms with van der Waals surface area (Å²) < 4.78 is 23.7. The van der Waals surface area contributed by atoms with E-state index in [1.54, 1.807) is 0 Å². The van der Waals surface area contributed by atoms with E-state index in [0.29, 0.717) is 6.54 Å². The fourth-order valence-electron chi connectivity index (χ4n) is 0.884. The van der Waals surface area contributed by atoms with Crippen LogP contribution in [0.25, 0.3) is 0 Å². The highest BCUT2D eigenvalue weighted by atomic mass is 19.3. The van der Waals surface area contributed by atoms with Gasteiger partial charge in [0.2, 0.25) is 0 Å². The van der Waals surface area contributed by atoms with Gasteiger partial charge < -0.3 is 10.4 Å². The second-order valence-corrected chi connectivity index (χ2v) is 2.33. The monoisotopic (exact) mass is 137 g/mol. The fourth-order valence-corrected chi connectivity index (χ4v) is 0.884. The molecule has 1 fully saturated rings. The van der Waals surface area contributed by atoms with Crippen LogP contribution in [0.2, 0.25) is 0 Å². The molecular weight excluding hydrogens is 128 g/mol. The van der Waals surface area contributed by atoms with Crippen LogP contribution < -0.4 is 5.32 Å². The van der Waals surface area contributed by atoms with Crippen LogP contribution in [0.3, 0.4) is 0 Å². The zero-order valence-electron chi connectivity index (χ0n) is 4.90. The Morgan fingerprint density at radius 2 is 2.22 bits per heavy atom. The van der Waals surface area contributed by atoms with Gasteiger partial charge in [-0.15, -0.1) is 0 Å². The van der Waals surface area contributed by atoms with Gasteiger partial charge >= 0.3 is 0 Å². The molecular formula is C5H9F2NO. The number of hydrogen-bond donors (Lipinski definition) is 2. The Labute approximate surface area is 51.9 Å². The maximum Gasteiger partial charge on any atom is 0.268 e. The van der Waals surface area contributed by atoms with Crippen LogP contribution >= 0.6 is 0 Å². The van der Waals surface area contributed by atoms with E-state index in [2.05, 4.69) is 5.32 Å². The number of hydrogen-bond acceptors (Lipinski definition) is 2. The Kier molecular flexibility index (Phi) is 1.68. The van der Waals surface area contributed by atoms with Crippen LogP contribution in [-0.2, 0) is 0 Å². The second-order valence-electron chi connectivity index (χ2n) is 2.33. The van der Waals surface area contributed by atoms with E-state index in [0.717, 1.165) is 0 Å². The summed E-state index contributed by atoms with van der Waals surface area (Å²) in [7, 11) is 0. The van der Waals surface area contributed by atoms with Crippen molar-refractivity contribution in [2.75, 3.05) is 13.1 Å². The Morgan fingerprint density at radius 1 is 1.56 bits per heavy atom. The Bertz CT molecular complexity index is 101. The molecule has 1 rings (SSSR count). The molecule has 4 heteroatoms. The molecule has 0 unspecified atom stereocenters. The highest BCUT2D eigenvalue weighted by Crippen LogP contribution is 2.21. The van der Waals surface area contributed by atoms with E-state index in [1.807, 2.05) is 0 Å². The first-order valence-electron chi connectivity index (χ1n) is 2.86. The van der Waals surface area contributed by atoms with Crippen LogP contribution in [0.15, 0.2) is 0 Å². The fraction of sp³-hybridized carbons (Fsp3) is 1.00. The molecule has 9 heavy (non-hydrogen) atoms. The minimum atomic E-state index is -2.62. The average molecular weight is 137 g/mol.